The van der Waals surface area contributed by atoms with E-state index in [1.165, 1.54) is 6.07 Å². The second kappa shape index (κ2) is 5.90. The van der Waals surface area contributed by atoms with Gasteiger partial charge in [0.25, 0.3) is 0 Å². The van der Waals surface area contributed by atoms with Crippen molar-refractivity contribution in [1.29, 1.82) is 0 Å². The summed E-state index contributed by atoms with van der Waals surface area (Å²) < 4.78 is 13.4. The molecule has 0 saturated carbocycles. The number of anilines is 1. The third-order valence-electron chi connectivity index (χ3n) is 2.25. The average molecular weight is 234 g/mol. The monoisotopic (exact) mass is 234 g/mol. The Morgan fingerprint density at radius 2 is 2.29 bits per heavy atom. The van der Waals surface area contributed by atoms with E-state index in [0.717, 1.165) is 5.56 Å². The van der Waals surface area contributed by atoms with E-state index in [-0.39, 0.29) is 18.3 Å². The van der Waals surface area contributed by atoms with E-state index in [4.69, 9.17) is 6.42 Å². The molecule has 0 spiro atoms. The van der Waals surface area contributed by atoms with Gasteiger partial charge in [0.05, 0.1) is 12.2 Å². The Morgan fingerprint density at radius 1 is 1.59 bits per heavy atom. The summed E-state index contributed by atoms with van der Waals surface area (Å²) in [5.41, 5.74) is 1.23. The lowest BCUT2D eigenvalue weighted by molar-refractivity contribution is -0.121. The summed E-state index contributed by atoms with van der Waals surface area (Å²) in [4.78, 5) is 11.5. The summed E-state index contributed by atoms with van der Waals surface area (Å²) in [5.74, 6) is 1.66. The molecular weight excluding hydrogens is 219 g/mol. The molecule has 0 saturated heterocycles. The summed E-state index contributed by atoms with van der Waals surface area (Å²) in [7, 11) is 0. The van der Waals surface area contributed by atoms with Crippen LogP contribution < -0.4 is 10.6 Å². The molecule has 1 atom stereocenters. The quantitative estimate of drug-likeness (QED) is 0.778. The Kier molecular flexibility index (Phi) is 4.53. The summed E-state index contributed by atoms with van der Waals surface area (Å²) in [5, 5.41) is 5.33. The van der Waals surface area contributed by atoms with E-state index in [1.807, 2.05) is 6.92 Å². The second-order valence-corrected chi connectivity index (χ2v) is 3.77. The first-order valence-electron chi connectivity index (χ1n) is 5.28. The highest BCUT2D eigenvalue weighted by molar-refractivity contribution is 5.84. The zero-order chi connectivity index (χ0) is 12.8. The fourth-order valence-electron chi connectivity index (χ4n) is 1.34. The number of nitrogens with one attached hydrogen (secondary N) is 2. The first-order valence-corrected chi connectivity index (χ1v) is 5.28. The molecular formula is C13H15FN2O. The molecule has 0 heterocycles. The van der Waals surface area contributed by atoms with Crippen molar-refractivity contribution in [2.24, 2.45) is 0 Å². The van der Waals surface area contributed by atoms with Crippen LogP contribution in [0, 0.1) is 25.1 Å². The Morgan fingerprint density at radius 3 is 2.94 bits per heavy atom. The number of carbonyl (C=O) groups excluding carboxylic acids is 1. The number of benzene rings is 1. The lowest BCUT2D eigenvalue weighted by atomic mass is 10.2. The van der Waals surface area contributed by atoms with Gasteiger partial charge in [-0.3, -0.25) is 4.79 Å². The Hall–Kier alpha value is -2.02. The number of terminal acetylenes is 1. The molecule has 2 N–H and O–H groups in total. The van der Waals surface area contributed by atoms with Crippen LogP contribution in [0.3, 0.4) is 0 Å². The second-order valence-electron chi connectivity index (χ2n) is 3.77. The van der Waals surface area contributed by atoms with Crippen molar-refractivity contribution >= 4 is 11.6 Å². The highest BCUT2D eigenvalue weighted by atomic mass is 19.1. The van der Waals surface area contributed by atoms with Crippen molar-refractivity contribution in [3.05, 3.63) is 29.6 Å². The van der Waals surface area contributed by atoms with Crippen molar-refractivity contribution in [3.63, 3.8) is 0 Å². The highest BCUT2D eigenvalue weighted by Crippen LogP contribution is 2.16. The molecule has 0 aromatic heterocycles. The van der Waals surface area contributed by atoms with Gasteiger partial charge in [0.15, 0.2) is 0 Å². The molecule has 0 aliphatic rings. The normalized spacial score (nSPS) is 11.4. The minimum atomic E-state index is -0.542. The third kappa shape index (κ3) is 3.80. The fourth-order valence-corrected chi connectivity index (χ4v) is 1.34. The highest BCUT2D eigenvalue weighted by Gasteiger charge is 2.13. The van der Waals surface area contributed by atoms with E-state index in [1.54, 1.807) is 19.1 Å². The summed E-state index contributed by atoms with van der Waals surface area (Å²) in [6.45, 7) is 3.67. The van der Waals surface area contributed by atoms with Crippen LogP contribution in [0.25, 0.3) is 0 Å². The molecule has 1 unspecified atom stereocenters. The molecule has 0 aliphatic heterocycles. The fraction of sp³-hybridized carbons (Fsp3) is 0.308. The predicted octanol–water partition coefficient (Wildman–Crippen LogP) is 1.68. The van der Waals surface area contributed by atoms with Crippen LogP contribution in [0.1, 0.15) is 12.5 Å². The summed E-state index contributed by atoms with van der Waals surface area (Å²) in [6.07, 6.45) is 5.03. The number of halogens is 1. The van der Waals surface area contributed by atoms with Crippen molar-refractivity contribution in [1.82, 2.24) is 5.32 Å². The van der Waals surface area contributed by atoms with Crippen LogP contribution in [0.15, 0.2) is 18.2 Å². The largest absolute Gasteiger partial charge is 0.372 e. The van der Waals surface area contributed by atoms with Gasteiger partial charge in [0.2, 0.25) is 5.91 Å². The minimum Gasteiger partial charge on any atom is -0.372 e. The number of aryl methyl sites for hydroxylation is 1. The standard InChI is InChI=1S/C13H15FN2O/c1-4-7-15-13(17)10(3)16-12-8-9(2)5-6-11(12)14/h1,5-6,8,10,16H,7H2,2-3H3,(H,15,17). The number of amides is 1. The summed E-state index contributed by atoms with van der Waals surface area (Å²) in [6, 6.07) is 4.15. The molecule has 1 rings (SSSR count). The SMILES string of the molecule is C#CCNC(=O)C(C)Nc1cc(C)ccc1F. The van der Waals surface area contributed by atoms with E-state index < -0.39 is 6.04 Å². The smallest absolute Gasteiger partial charge is 0.242 e. The Balaban J connectivity index is 2.67. The molecule has 90 valence electrons. The van der Waals surface area contributed by atoms with E-state index in [0.29, 0.717) is 5.69 Å². The van der Waals surface area contributed by atoms with Crippen LogP contribution >= 0.6 is 0 Å². The van der Waals surface area contributed by atoms with Crippen molar-refractivity contribution in [2.45, 2.75) is 19.9 Å². The molecule has 0 bridgehead atoms. The van der Waals surface area contributed by atoms with Gasteiger partial charge in [-0.2, -0.15) is 0 Å². The number of hydrogen-bond donors (Lipinski definition) is 2. The van der Waals surface area contributed by atoms with Crippen LogP contribution in [-0.4, -0.2) is 18.5 Å². The van der Waals surface area contributed by atoms with E-state index in [2.05, 4.69) is 16.6 Å². The lowest BCUT2D eigenvalue weighted by Crippen LogP contribution is -2.37. The topological polar surface area (TPSA) is 41.1 Å². The van der Waals surface area contributed by atoms with Crippen LogP contribution in [0.5, 0.6) is 0 Å². The van der Waals surface area contributed by atoms with Gasteiger partial charge in [0, 0.05) is 0 Å². The van der Waals surface area contributed by atoms with Gasteiger partial charge in [-0.1, -0.05) is 12.0 Å². The van der Waals surface area contributed by atoms with E-state index >= 15 is 0 Å². The predicted molar refractivity (Wildman–Crippen MR) is 66.1 cm³/mol. The van der Waals surface area contributed by atoms with Gasteiger partial charge in [-0.25, -0.2) is 4.39 Å². The molecule has 1 aromatic carbocycles. The number of hydrogen-bond acceptors (Lipinski definition) is 2. The zero-order valence-electron chi connectivity index (χ0n) is 9.88. The van der Waals surface area contributed by atoms with Gasteiger partial charge in [-0.05, 0) is 31.5 Å². The maximum Gasteiger partial charge on any atom is 0.242 e. The minimum absolute atomic E-state index is 0.168. The van der Waals surface area contributed by atoms with Gasteiger partial charge in [0.1, 0.15) is 11.9 Å². The molecule has 3 nitrogen and oxygen atoms in total. The molecule has 0 fully saturated rings. The van der Waals surface area contributed by atoms with Crippen LogP contribution in [-0.2, 0) is 4.79 Å². The third-order valence-corrected chi connectivity index (χ3v) is 2.25. The molecule has 0 radical (unpaired) electrons. The zero-order valence-corrected chi connectivity index (χ0v) is 9.88. The van der Waals surface area contributed by atoms with Crippen LogP contribution in [0.4, 0.5) is 10.1 Å². The van der Waals surface area contributed by atoms with Gasteiger partial charge < -0.3 is 10.6 Å². The molecule has 4 heteroatoms. The van der Waals surface area contributed by atoms with Crippen molar-refractivity contribution in [3.8, 4) is 12.3 Å². The van der Waals surface area contributed by atoms with Crippen LogP contribution in [0.2, 0.25) is 0 Å². The maximum absolute atomic E-state index is 13.4. The first-order chi connectivity index (χ1) is 8.04. The Bertz CT molecular complexity index is 451. The van der Waals surface area contributed by atoms with Gasteiger partial charge >= 0.3 is 0 Å². The average Bonchev–Trinajstić information content (AvgIpc) is 2.30. The number of carbonyl (C=O) groups is 1. The molecule has 17 heavy (non-hydrogen) atoms. The molecule has 1 amide bonds. The summed E-state index contributed by atoms with van der Waals surface area (Å²) >= 11 is 0. The number of rotatable bonds is 4. The van der Waals surface area contributed by atoms with Crippen molar-refractivity contribution < 1.29 is 9.18 Å². The molecule has 1 aromatic rings. The van der Waals surface area contributed by atoms with E-state index in [9.17, 15) is 9.18 Å². The molecule has 0 aliphatic carbocycles. The van der Waals surface area contributed by atoms with Gasteiger partial charge in [-0.15, -0.1) is 6.42 Å². The maximum atomic E-state index is 13.4. The first kappa shape index (κ1) is 13.0. The Labute approximate surface area is 100 Å². The van der Waals surface area contributed by atoms with Crippen molar-refractivity contribution in [2.75, 3.05) is 11.9 Å². The lowest BCUT2D eigenvalue weighted by Gasteiger charge is -2.15.